The maximum absolute atomic E-state index is 4.04. The number of fused-ring (bicyclic) bond motifs is 8. The molecule has 0 unspecified atom stereocenters. The standard InChI is InChI=1S/C24H14B4Br2.C24H14B2Br4.CH4.H2/c29-27-17-9-3-1-7-15(17)25-19-11-5-14-22-24(19)26(20-12-6-13-21(27)23(20)25)16-8-2-4-10-18(16)28(22)30;27-19-11-3-1-7-15(19)25-17-9-5-14-22(30)24(17)26(16-8-2-4-12-20(16)28)18-10-6-13-21(29)23(18)25;;/h2*1-14H;1H4;1H/i;;;1+1. The van der Waals surface area contributed by atoms with Crippen molar-refractivity contribution in [2.45, 2.75) is 7.43 Å². The van der Waals surface area contributed by atoms with Crippen LogP contribution in [0, 0.1) is 0 Å². The summed E-state index contributed by atoms with van der Waals surface area (Å²) in [5.41, 5.74) is 22.8. The summed E-state index contributed by atoms with van der Waals surface area (Å²) in [4.78, 5) is 0. The second-order valence-electron chi connectivity index (χ2n) is 15.9. The Morgan fingerprint density at radius 2 is 0.492 bits per heavy atom. The van der Waals surface area contributed by atoms with Gasteiger partial charge in [0, 0.05) is 19.3 Å². The van der Waals surface area contributed by atoms with Gasteiger partial charge in [0.15, 0.2) is 0 Å². The van der Waals surface area contributed by atoms with E-state index in [-0.39, 0.29) is 33.4 Å². The van der Waals surface area contributed by atoms with Crippen molar-refractivity contribution in [3.8, 4) is 0 Å². The topological polar surface area (TPSA) is 0 Å². The summed E-state index contributed by atoms with van der Waals surface area (Å²) in [6, 6.07) is 62.1. The van der Waals surface area contributed by atoms with E-state index in [1.165, 1.54) is 87.4 Å². The summed E-state index contributed by atoms with van der Waals surface area (Å²) in [6.07, 6.45) is 0. The van der Waals surface area contributed by atoms with Crippen LogP contribution in [0.3, 0.4) is 0 Å². The first-order valence-electron chi connectivity index (χ1n) is 20.1. The van der Waals surface area contributed by atoms with Crippen molar-refractivity contribution in [1.82, 2.24) is 0 Å². The van der Waals surface area contributed by atoms with Crippen LogP contribution in [0.5, 0.6) is 0 Å². The monoisotopic (exact) mass is 1160 g/mol. The highest BCUT2D eigenvalue weighted by Crippen LogP contribution is 2.19. The number of halogens is 6. The molecule has 4 heterocycles. The lowest BCUT2D eigenvalue weighted by atomic mass is 9.15. The third kappa shape index (κ3) is 6.66. The highest BCUT2D eigenvalue weighted by Gasteiger charge is 2.49. The number of benzene rings is 8. The second-order valence-corrected chi connectivity index (χ2v) is 21.2. The molecule has 61 heavy (non-hydrogen) atoms. The van der Waals surface area contributed by atoms with E-state index >= 15 is 0 Å². The zero-order valence-corrected chi connectivity index (χ0v) is 41.4. The van der Waals surface area contributed by atoms with E-state index in [0.29, 0.717) is 13.4 Å². The van der Waals surface area contributed by atoms with Gasteiger partial charge in [-0.1, -0.05) is 304 Å². The van der Waals surface area contributed by atoms with Crippen molar-refractivity contribution in [2.24, 2.45) is 0 Å². The van der Waals surface area contributed by atoms with Gasteiger partial charge < -0.3 is 0 Å². The van der Waals surface area contributed by atoms with E-state index in [1.54, 1.807) is 0 Å². The van der Waals surface area contributed by atoms with E-state index < -0.39 is 0 Å². The molecule has 0 aromatic heterocycles. The molecule has 12 rings (SSSR count). The third-order valence-electron chi connectivity index (χ3n) is 13.1. The summed E-state index contributed by atoms with van der Waals surface area (Å²) in [5, 5.41) is 0. The number of hydrogen-bond acceptors (Lipinski definition) is 0. The van der Waals surface area contributed by atoms with Gasteiger partial charge in [-0.3, -0.25) is 0 Å². The van der Waals surface area contributed by atoms with Gasteiger partial charge in [0.1, 0.15) is 0 Å². The minimum Gasteiger partial charge on any atom is -0.143 e. The first kappa shape index (κ1) is 42.0. The molecule has 0 saturated heterocycles. The van der Waals surface area contributed by atoms with Gasteiger partial charge in [-0.05, 0) is 24.3 Å². The zero-order chi connectivity index (χ0) is 40.8. The van der Waals surface area contributed by atoms with Crippen LogP contribution < -0.4 is 87.4 Å². The van der Waals surface area contributed by atoms with Gasteiger partial charge in [0.2, 0.25) is 26.9 Å². The molecule has 0 amide bonds. The molecule has 8 aromatic rings. The van der Waals surface area contributed by atoms with E-state index in [0.717, 1.165) is 17.9 Å². The molecule has 0 fully saturated rings. The highest BCUT2D eigenvalue weighted by atomic mass is 79.9. The van der Waals surface area contributed by atoms with Crippen molar-refractivity contribution >= 4 is 221 Å². The van der Waals surface area contributed by atoms with Gasteiger partial charge in [0.25, 0.3) is 11.1 Å². The van der Waals surface area contributed by atoms with Crippen LogP contribution in [0.25, 0.3) is 0 Å². The predicted octanol–water partition coefficient (Wildman–Crippen LogP) is 3.62. The predicted molar refractivity (Wildman–Crippen MR) is 298 cm³/mol. The molecule has 0 atom stereocenters. The smallest absolute Gasteiger partial charge is 0.143 e. The van der Waals surface area contributed by atoms with Crippen molar-refractivity contribution in [1.29, 1.82) is 0 Å². The minimum absolute atomic E-state index is 0. The molecule has 290 valence electrons. The Labute approximate surface area is 412 Å². The van der Waals surface area contributed by atoms with Crippen LogP contribution in [0.15, 0.2) is 188 Å². The maximum atomic E-state index is 4.04. The lowest BCUT2D eigenvalue weighted by molar-refractivity contribution is 1.65. The minimum atomic E-state index is 0. The van der Waals surface area contributed by atoms with Gasteiger partial charge in [-0.2, -0.15) is 0 Å². The Balaban J connectivity index is 0.000000153. The molecule has 0 aliphatic carbocycles. The third-order valence-corrected chi connectivity index (χ3v) is 17.9. The summed E-state index contributed by atoms with van der Waals surface area (Å²) < 4.78 is 4.54. The average molecular weight is 1170 g/mol. The average Bonchev–Trinajstić information content (AvgIpc) is 3.27. The van der Waals surface area contributed by atoms with Crippen molar-refractivity contribution in [3.63, 3.8) is 0 Å². The SMILES string of the molecule is BrB1c2ccccc2B2c3cccc4c3B(c3ccccc3B4Br)c3cccc1c32.Brc1ccccc1B1c2cccc(Br)c2B(c2ccccc2Br)c2cccc(Br)c21.C.[2HH]. The van der Waals surface area contributed by atoms with Crippen molar-refractivity contribution in [2.75, 3.05) is 0 Å². The lowest BCUT2D eigenvalue weighted by Crippen LogP contribution is -2.87. The van der Waals surface area contributed by atoms with Crippen LogP contribution in [0.1, 0.15) is 8.85 Å². The Hall–Kier alpha value is -2.97. The second kappa shape index (κ2) is 16.9. The van der Waals surface area contributed by atoms with Gasteiger partial charge in [-0.25, -0.2) is 0 Å². The van der Waals surface area contributed by atoms with Crippen LogP contribution >= 0.6 is 95.2 Å². The first-order valence-corrected chi connectivity index (χ1v) is 25.1. The highest BCUT2D eigenvalue weighted by molar-refractivity contribution is 9.25. The molecule has 0 nitrogen and oxygen atoms in total. The fourth-order valence-corrected chi connectivity index (χ4v) is 14.6. The van der Waals surface area contributed by atoms with E-state index in [2.05, 4.69) is 265 Å². The van der Waals surface area contributed by atoms with Crippen molar-refractivity contribution < 1.29 is 1.43 Å². The fourth-order valence-electron chi connectivity index (χ4n) is 10.7. The molecule has 8 aromatic carbocycles. The molecule has 4 aliphatic rings. The number of hydrogen-bond donors (Lipinski definition) is 0. The van der Waals surface area contributed by atoms with Gasteiger partial charge in [-0.15, -0.1) is 31.5 Å². The Morgan fingerprint density at radius 1 is 0.246 bits per heavy atom. The van der Waals surface area contributed by atoms with E-state index in [9.17, 15) is 0 Å². The molecular weight excluding hydrogens is 1130 g/mol. The van der Waals surface area contributed by atoms with Crippen LogP contribution in [-0.4, -0.2) is 37.9 Å². The van der Waals surface area contributed by atoms with Crippen LogP contribution in [0.4, 0.5) is 0 Å². The van der Waals surface area contributed by atoms with Crippen molar-refractivity contribution in [3.05, 3.63) is 188 Å². The van der Waals surface area contributed by atoms with Gasteiger partial charge in [0.05, 0.1) is 0 Å². The Morgan fingerprint density at radius 3 is 0.869 bits per heavy atom. The molecule has 0 radical (unpaired) electrons. The van der Waals surface area contributed by atoms with Gasteiger partial charge >= 0.3 is 0 Å². The Bertz CT molecular complexity index is 2850. The quantitative estimate of drug-likeness (QED) is 0.233. The Kier molecular flexibility index (Phi) is 11.6. The van der Waals surface area contributed by atoms with Crippen LogP contribution in [-0.2, 0) is 0 Å². The summed E-state index contributed by atoms with van der Waals surface area (Å²) in [6.45, 7) is 0.879. The molecular formula is C49H34B6Br6. The maximum Gasteiger partial charge on any atom is 0.286 e. The number of rotatable bonds is 2. The summed E-state index contributed by atoms with van der Waals surface area (Å²) in [5.74, 6) is 0. The molecule has 4 aliphatic heterocycles. The summed E-state index contributed by atoms with van der Waals surface area (Å²) >= 11 is 23.5. The molecule has 0 spiro atoms. The summed E-state index contributed by atoms with van der Waals surface area (Å²) in [7, 11) is 0. The molecule has 0 bridgehead atoms. The molecule has 12 heteroatoms. The van der Waals surface area contributed by atoms with E-state index in [1.807, 2.05) is 0 Å². The molecule has 0 N–H and O–H groups in total. The zero-order valence-electron chi connectivity index (χ0n) is 31.9. The lowest BCUT2D eigenvalue weighted by Gasteiger charge is -2.41. The first-order chi connectivity index (χ1) is 29.3. The fraction of sp³-hybridized carbons (Fsp3) is 0.0204. The van der Waals surface area contributed by atoms with E-state index in [4.69, 9.17) is 0 Å². The largest absolute Gasteiger partial charge is 0.286 e. The molecule has 0 saturated carbocycles. The van der Waals surface area contributed by atoms with Crippen LogP contribution in [0.2, 0.25) is 0 Å². The normalized spacial score (nSPS) is 13.4.